The van der Waals surface area contributed by atoms with Gasteiger partial charge in [0.15, 0.2) is 0 Å². The van der Waals surface area contributed by atoms with E-state index in [0.717, 1.165) is 24.3 Å². The minimum Gasteiger partial charge on any atom is -0.469 e. The van der Waals surface area contributed by atoms with Crippen molar-refractivity contribution in [3.05, 3.63) is 54.2 Å². The van der Waals surface area contributed by atoms with Crippen LogP contribution in [-0.4, -0.2) is 11.0 Å². The third-order valence-electron chi connectivity index (χ3n) is 3.07. The number of aryl methyl sites for hydroxylation is 1. The third kappa shape index (κ3) is 3.70. The van der Waals surface area contributed by atoms with Gasteiger partial charge >= 0.3 is 0 Å². The van der Waals surface area contributed by atoms with E-state index < -0.39 is 0 Å². The lowest BCUT2D eigenvalue weighted by atomic mass is 10.1. The molecule has 96 valence electrons. The van der Waals surface area contributed by atoms with Crippen molar-refractivity contribution in [3.63, 3.8) is 0 Å². The lowest BCUT2D eigenvalue weighted by molar-refractivity contribution is 0.427. The third-order valence-corrected chi connectivity index (χ3v) is 3.07. The fourth-order valence-corrected chi connectivity index (χ4v) is 2.04. The Labute approximate surface area is 108 Å². The number of hydrogen-bond acceptors (Lipinski definition) is 3. The maximum atomic E-state index is 5.33. The van der Waals surface area contributed by atoms with Crippen LogP contribution in [0.25, 0.3) is 0 Å². The lowest BCUT2D eigenvalue weighted by Gasteiger charge is -2.19. The summed E-state index contributed by atoms with van der Waals surface area (Å²) < 4.78 is 5.33. The van der Waals surface area contributed by atoms with Crippen molar-refractivity contribution < 1.29 is 4.42 Å². The van der Waals surface area contributed by atoms with Crippen molar-refractivity contribution in [1.29, 1.82) is 0 Å². The minimum atomic E-state index is 0.276. The van der Waals surface area contributed by atoms with Gasteiger partial charge in [0.25, 0.3) is 0 Å². The van der Waals surface area contributed by atoms with Gasteiger partial charge in [-0.25, -0.2) is 0 Å². The Hall–Kier alpha value is -1.61. The van der Waals surface area contributed by atoms with E-state index in [1.54, 1.807) is 6.26 Å². The van der Waals surface area contributed by atoms with Crippen molar-refractivity contribution >= 4 is 0 Å². The Morgan fingerprint density at radius 3 is 2.78 bits per heavy atom. The number of rotatable bonds is 6. The maximum Gasteiger partial charge on any atom is 0.103 e. The first-order valence-corrected chi connectivity index (χ1v) is 6.45. The zero-order valence-corrected chi connectivity index (χ0v) is 11.0. The summed E-state index contributed by atoms with van der Waals surface area (Å²) >= 11 is 0. The highest BCUT2D eigenvalue weighted by molar-refractivity contribution is 5.07. The number of nitrogens with one attached hydrogen (secondary N) is 1. The van der Waals surface area contributed by atoms with E-state index in [1.807, 2.05) is 30.5 Å². The molecule has 18 heavy (non-hydrogen) atoms. The molecule has 3 heteroatoms. The Balaban J connectivity index is 1.78. The van der Waals surface area contributed by atoms with Crippen molar-refractivity contribution in [2.24, 2.45) is 0 Å². The zero-order chi connectivity index (χ0) is 12.8. The average Bonchev–Trinajstić information content (AvgIpc) is 2.90. The number of aromatic nitrogens is 1. The highest BCUT2D eigenvalue weighted by Crippen LogP contribution is 2.11. The Morgan fingerprint density at radius 2 is 2.11 bits per heavy atom. The normalized spacial score (nSPS) is 14.3. The summed E-state index contributed by atoms with van der Waals surface area (Å²) in [5.41, 5.74) is 1.09. The van der Waals surface area contributed by atoms with E-state index in [-0.39, 0.29) is 6.04 Å². The van der Waals surface area contributed by atoms with Crippen LogP contribution in [0.2, 0.25) is 0 Å². The number of nitrogens with zero attached hydrogens (tertiary/aromatic N) is 1. The molecule has 0 aromatic carbocycles. The first kappa shape index (κ1) is 12.8. The predicted molar refractivity (Wildman–Crippen MR) is 72.3 cm³/mol. The van der Waals surface area contributed by atoms with Gasteiger partial charge in [0.1, 0.15) is 5.76 Å². The molecule has 0 bridgehead atoms. The van der Waals surface area contributed by atoms with E-state index in [1.165, 1.54) is 0 Å². The summed E-state index contributed by atoms with van der Waals surface area (Å²) in [4.78, 5) is 4.36. The second kappa shape index (κ2) is 6.36. The highest BCUT2D eigenvalue weighted by Gasteiger charge is 2.10. The van der Waals surface area contributed by atoms with E-state index in [9.17, 15) is 0 Å². The van der Waals surface area contributed by atoms with Crippen LogP contribution in [0.1, 0.15) is 37.8 Å². The molecule has 0 aliphatic rings. The smallest absolute Gasteiger partial charge is 0.103 e. The molecule has 0 aliphatic heterocycles. The summed E-state index contributed by atoms with van der Waals surface area (Å²) in [6.45, 7) is 4.34. The molecular formula is C15H20N2O. The summed E-state index contributed by atoms with van der Waals surface area (Å²) in [5.74, 6) is 1.05. The van der Waals surface area contributed by atoms with Gasteiger partial charge < -0.3 is 9.73 Å². The van der Waals surface area contributed by atoms with Crippen LogP contribution in [0.4, 0.5) is 0 Å². The maximum absolute atomic E-state index is 5.33. The second-order valence-corrected chi connectivity index (χ2v) is 4.66. The van der Waals surface area contributed by atoms with Crippen LogP contribution in [-0.2, 0) is 6.42 Å². The van der Waals surface area contributed by atoms with Crippen LogP contribution in [0.3, 0.4) is 0 Å². The van der Waals surface area contributed by atoms with Crippen LogP contribution in [0.5, 0.6) is 0 Å². The molecule has 0 aliphatic carbocycles. The first-order chi connectivity index (χ1) is 8.75. The summed E-state index contributed by atoms with van der Waals surface area (Å²) in [5, 5.41) is 3.55. The lowest BCUT2D eigenvalue weighted by Crippen LogP contribution is -2.29. The zero-order valence-electron chi connectivity index (χ0n) is 11.0. The van der Waals surface area contributed by atoms with Gasteiger partial charge in [0.2, 0.25) is 0 Å². The topological polar surface area (TPSA) is 38.1 Å². The van der Waals surface area contributed by atoms with E-state index in [4.69, 9.17) is 4.42 Å². The Kier molecular flexibility index (Phi) is 4.53. The fraction of sp³-hybridized carbons (Fsp3) is 0.400. The molecule has 1 N–H and O–H groups in total. The van der Waals surface area contributed by atoms with Crippen molar-refractivity contribution in [2.75, 3.05) is 0 Å². The molecule has 2 rings (SSSR count). The molecule has 3 nitrogen and oxygen atoms in total. The molecule has 0 spiro atoms. The molecule has 2 heterocycles. The van der Waals surface area contributed by atoms with Crippen molar-refractivity contribution in [3.8, 4) is 0 Å². The van der Waals surface area contributed by atoms with Gasteiger partial charge in [-0.2, -0.15) is 0 Å². The predicted octanol–water partition coefficient (Wildman–Crippen LogP) is 3.35. The molecule has 0 amide bonds. The average molecular weight is 244 g/mol. The van der Waals surface area contributed by atoms with Gasteiger partial charge in [-0.3, -0.25) is 4.98 Å². The highest BCUT2D eigenvalue weighted by atomic mass is 16.3. The summed E-state index contributed by atoms with van der Waals surface area (Å²) in [7, 11) is 0. The van der Waals surface area contributed by atoms with Crippen LogP contribution in [0.15, 0.2) is 47.2 Å². The van der Waals surface area contributed by atoms with E-state index in [0.29, 0.717) is 6.04 Å². The van der Waals surface area contributed by atoms with Crippen LogP contribution in [0, 0.1) is 0 Å². The number of pyridine rings is 1. The first-order valence-electron chi connectivity index (χ1n) is 6.45. The molecule has 0 radical (unpaired) electrons. The molecule has 2 unspecified atom stereocenters. The van der Waals surface area contributed by atoms with Crippen LogP contribution < -0.4 is 5.32 Å². The van der Waals surface area contributed by atoms with Crippen molar-refractivity contribution in [1.82, 2.24) is 10.3 Å². The quantitative estimate of drug-likeness (QED) is 0.846. The van der Waals surface area contributed by atoms with E-state index >= 15 is 0 Å². The van der Waals surface area contributed by atoms with Gasteiger partial charge in [-0.05, 0) is 44.5 Å². The van der Waals surface area contributed by atoms with E-state index in [2.05, 4.69) is 30.2 Å². The van der Waals surface area contributed by atoms with Gasteiger partial charge in [0, 0.05) is 24.7 Å². The Bertz CT molecular complexity index is 439. The standard InChI is InChI=1S/C15H20N2O/c1-12(8-9-14-6-5-11-18-14)17-13(2)15-7-3-4-10-16-15/h3-7,10-13,17H,8-9H2,1-2H3. The Morgan fingerprint density at radius 1 is 1.22 bits per heavy atom. The molecule has 2 aromatic heterocycles. The monoisotopic (exact) mass is 244 g/mol. The molecule has 0 saturated heterocycles. The molecular weight excluding hydrogens is 224 g/mol. The fourth-order valence-electron chi connectivity index (χ4n) is 2.04. The van der Waals surface area contributed by atoms with Gasteiger partial charge in [-0.15, -0.1) is 0 Å². The SMILES string of the molecule is CC(CCc1ccco1)NC(C)c1ccccn1. The van der Waals surface area contributed by atoms with Gasteiger partial charge in [-0.1, -0.05) is 6.07 Å². The molecule has 2 aromatic rings. The second-order valence-electron chi connectivity index (χ2n) is 4.66. The number of furan rings is 1. The summed E-state index contributed by atoms with van der Waals surface area (Å²) in [6.07, 6.45) is 5.59. The molecule has 2 atom stereocenters. The van der Waals surface area contributed by atoms with Crippen molar-refractivity contribution in [2.45, 2.75) is 38.8 Å². The molecule has 0 fully saturated rings. The largest absolute Gasteiger partial charge is 0.469 e. The molecule has 0 saturated carbocycles. The minimum absolute atomic E-state index is 0.276. The van der Waals surface area contributed by atoms with Crippen LogP contribution >= 0.6 is 0 Å². The number of hydrogen-bond donors (Lipinski definition) is 1. The summed E-state index contributed by atoms with van der Waals surface area (Å²) in [6, 6.07) is 10.7. The van der Waals surface area contributed by atoms with Gasteiger partial charge in [0.05, 0.1) is 12.0 Å².